The van der Waals surface area contributed by atoms with E-state index in [0.717, 1.165) is 29.0 Å². The van der Waals surface area contributed by atoms with Gasteiger partial charge in [0.15, 0.2) is 0 Å². The Morgan fingerprint density at radius 3 is 2.88 bits per heavy atom. The van der Waals surface area contributed by atoms with Gasteiger partial charge in [0, 0.05) is 12.1 Å². The van der Waals surface area contributed by atoms with Crippen molar-refractivity contribution >= 4 is 6.03 Å². The molecule has 3 rings (SSSR count). The molecule has 1 unspecified atom stereocenters. The summed E-state index contributed by atoms with van der Waals surface area (Å²) in [7, 11) is 0. The van der Waals surface area contributed by atoms with Crippen LogP contribution in [0.1, 0.15) is 18.1 Å². The highest BCUT2D eigenvalue weighted by molar-refractivity contribution is 5.74. The van der Waals surface area contributed by atoms with Crippen molar-refractivity contribution in [3.63, 3.8) is 0 Å². The maximum Gasteiger partial charge on any atom is 0.315 e. The van der Waals surface area contributed by atoms with Gasteiger partial charge in [-0.1, -0.05) is 36.4 Å². The fourth-order valence-electron chi connectivity index (χ4n) is 2.78. The number of nitrogens with one attached hydrogen (secondary N) is 2. The molecule has 24 heavy (non-hydrogen) atoms. The van der Waals surface area contributed by atoms with E-state index in [-0.39, 0.29) is 12.1 Å². The maximum absolute atomic E-state index is 12.1. The van der Waals surface area contributed by atoms with Gasteiger partial charge in [0.05, 0.1) is 12.6 Å². The maximum atomic E-state index is 12.1. The third-order valence-corrected chi connectivity index (χ3v) is 3.93. The number of rotatable bonds is 5. The first-order chi connectivity index (χ1) is 11.8. The zero-order valence-electron chi connectivity index (χ0n) is 13.7. The predicted molar refractivity (Wildman–Crippen MR) is 92.4 cm³/mol. The monoisotopic (exact) mass is 326 g/mol. The number of carbonyl (C=O) groups excluding carboxylic acids is 1. The third kappa shape index (κ3) is 3.98. The Balaban J connectivity index is 1.52. The van der Waals surface area contributed by atoms with Crippen molar-refractivity contribution in [2.45, 2.75) is 25.9 Å². The molecule has 0 saturated heterocycles. The van der Waals surface area contributed by atoms with Crippen LogP contribution in [0.2, 0.25) is 0 Å². The number of fused-ring (bicyclic) bond motifs is 1. The van der Waals surface area contributed by atoms with Gasteiger partial charge >= 0.3 is 6.03 Å². The zero-order valence-corrected chi connectivity index (χ0v) is 13.7. The molecule has 1 aliphatic rings. The van der Waals surface area contributed by atoms with Crippen molar-refractivity contribution in [2.24, 2.45) is 0 Å². The van der Waals surface area contributed by atoms with Gasteiger partial charge in [-0.05, 0) is 31.0 Å². The van der Waals surface area contributed by atoms with Crippen LogP contribution >= 0.6 is 0 Å². The van der Waals surface area contributed by atoms with Gasteiger partial charge in [-0.3, -0.25) is 0 Å². The Labute approximate surface area is 142 Å². The lowest BCUT2D eigenvalue weighted by atomic mass is 10.0. The van der Waals surface area contributed by atoms with Crippen LogP contribution in [0, 0.1) is 0 Å². The molecule has 0 aliphatic carbocycles. The average molecular weight is 326 g/mol. The van der Waals surface area contributed by atoms with Gasteiger partial charge in [-0.15, -0.1) is 0 Å². The molecule has 2 N–H and O–H groups in total. The standard InChI is InChI=1S/C19H22N2O3/c1-2-23-18-10-6-4-8-15(18)12-20-19(22)21-16-11-14-7-3-5-9-17(14)24-13-16/h3-10,16H,2,11-13H2,1H3,(H2,20,21,22). The van der Waals surface area contributed by atoms with Crippen LogP contribution in [-0.2, 0) is 13.0 Å². The van der Waals surface area contributed by atoms with Crippen LogP contribution in [0.15, 0.2) is 48.5 Å². The lowest BCUT2D eigenvalue weighted by molar-refractivity contribution is 0.214. The number of hydrogen-bond donors (Lipinski definition) is 2. The van der Waals surface area contributed by atoms with Crippen LogP contribution in [-0.4, -0.2) is 25.3 Å². The van der Waals surface area contributed by atoms with Crippen LogP contribution in [0.4, 0.5) is 4.79 Å². The number of carbonyl (C=O) groups is 1. The second kappa shape index (κ2) is 7.73. The summed E-state index contributed by atoms with van der Waals surface area (Å²) in [6, 6.07) is 15.4. The minimum Gasteiger partial charge on any atom is -0.494 e. The summed E-state index contributed by atoms with van der Waals surface area (Å²) in [5.74, 6) is 1.71. The lowest BCUT2D eigenvalue weighted by Crippen LogP contribution is -2.47. The van der Waals surface area contributed by atoms with Crippen LogP contribution in [0.25, 0.3) is 0 Å². The lowest BCUT2D eigenvalue weighted by Gasteiger charge is -2.26. The Morgan fingerprint density at radius 2 is 2.00 bits per heavy atom. The molecule has 2 aromatic carbocycles. The quantitative estimate of drug-likeness (QED) is 0.888. The number of urea groups is 1. The summed E-state index contributed by atoms with van der Waals surface area (Å²) in [6.07, 6.45) is 0.777. The summed E-state index contributed by atoms with van der Waals surface area (Å²) in [4.78, 5) is 12.1. The fourth-order valence-corrected chi connectivity index (χ4v) is 2.78. The van der Waals surface area contributed by atoms with E-state index in [1.165, 1.54) is 0 Å². The minimum atomic E-state index is -0.200. The van der Waals surface area contributed by atoms with E-state index in [9.17, 15) is 4.79 Å². The van der Waals surface area contributed by atoms with E-state index in [1.807, 2.05) is 55.5 Å². The molecule has 5 nitrogen and oxygen atoms in total. The molecule has 1 aliphatic heterocycles. The number of benzene rings is 2. The van der Waals surface area contributed by atoms with Crippen molar-refractivity contribution in [2.75, 3.05) is 13.2 Å². The smallest absolute Gasteiger partial charge is 0.315 e. The van der Waals surface area contributed by atoms with Crippen molar-refractivity contribution in [1.82, 2.24) is 10.6 Å². The molecule has 0 fully saturated rings. The summed E-state index contributed by atoms with van der Waals surface area (Å²) >= 11 is 0. The van der Waals surface area contributed by atoms with Gasteiger partial charge < -0.3 is 20.1 Å². The molecule has 0 bridgehead atoms. The highest BCUT2D eigenvalue weighted by Gasteiger charge is 2.20. The number of hydrogen-bond acceptors (Lipinski definition) is 3. The van der Waals surface area contributed by atoms with E-state index in [2.05, 4.69) is 10.6 Å². The minimum absolute atomic E-state index is 0.0259. The normalized spacial score (nSPS) is 15.8. The molecule has 1 atom stereocenters. The van der Waals surface area contributed by atoms with E-state index in [4.69, 9.17) is 9.47 Å². The molecule has 2 aromatic rings. The second-order valence-electron chi connectivity index (χ2n) is 5.69. The predicted octanol–water partition coefficient (Wildman–Crippen LogP) is 2.89. The molecule has 5 heteroatoms. The van der Waals surface area contributed by atoms with E-state index >= 15 is 0 Å². The summed E-state index contributed by atoms with van der Waals surface area (Å²) in [5, 5.41) is 5.85. The SMILES string of the molecule is CCOc1ccccc1CNC(=O)NC1COc2ccccc2C1. The van der Waals surface area contributed by atoms with Gasteiger partial charge in [0.25, 0.3) is 0 Å². The van der Waals surface area contributed by atoms with Gasteiger partial charge in [0.2, 0.25) is 0 Å². The van der Waals surface area contributed by atoms with Crippen molar-refractivity contribution in [3.8, 4) is 11.5 Å². The molecular formula is C19H22N2O3. The molecule has 126 valence electrons. The fraction of sp³-hybridized carbons (Fsp3) is 0.316. The number of amides is 2. The van der Waals surface area contributed by atoms with Crippen molar-refractivity contribution in [3.05, 3.63) is 59.7 Å². The van der Waals surface area contributed by atoms with Gasteiger partial charge in [-0.2, -0.15) is 0 Å². The Kier molecular flexibility index (Phi) is 5.21. The Bertz CT molecular complexity index is 703. The van der Waals surface area contributed by atoms with Crippen LogP contribution < -0.4 is 20.1 Å². The average Bonchev–Trinajstić information content (AvgIpc) is 2.61. The van der Waals surface area contributed by atoms with Crippen molar-refractivity contribution < 1.29 is 14.3 Å². The number of para-hydroxylation sites is 2. The second-order valence-corrected chi connectivity index (χ2v) is 5.69. The first-order valence-corrected chi connectivity index (χ1v) is 8.22. The first-order valence-electron chi connectivity index (χ1n) is 8.22. The van der Waals surface area contributed by atoms with E-state index < -0.39 is 0 Å². The summed E-state index contributed by atoms with van der Waals surface area (Å²) < 4.78 is 11.3. The largest absolute Gasteiger partial charge is 0.494 e. The third-order valence-electron chi connectivity index (χ3n) is 3.93. The molecule has 0 radical (unpaired) electrons. The Morgan fingerprint density at radius 1 is 1.21 bits per heavy atom. The van der Waals surface area contributed by atoms with E-state index in [1.54, 1.807) is 0 Å². The Hall–Kier alpha value is -2.69. The van der Waals surface area contributed by atoms with Gasteiger partial charge in [0.1, 0.15) is 18.1 Å². The number of ether oxygens (including phenoxy) is 2. The molecule has 0 spiro atoms. The molecule has 2 amide bonds. The first kappa shape index (κ1) is 16.2. The van der Waals surface area contributed by atoms with Crippen LogP contribution in [0.3, 0.4) is 0 Å². The summed E-state index contributed by atoms with van der Waals surface area (Å²) in [5.41, 5.74) is 2.08. The highest BCUT2D eigenvalue weighted by Crippen LogP contribution is 2.23. The molecular weight excluding hydrogens is 304 g/mol. The zero-order chi connectivity index (χ0) is 16.8. The summed E-state index contributed by atoms with van der Waals surface area (Å²) in [6.45, 7) is 3.45. The topological polar surface area (TPSA) is 59.6 Å². The van der Waals surface area contributed by atoms with Gasteiger partial charge in [-0.25, -0.2) is 4.79 Å². The van der Waals surface area contributed by atoms with Crippen molar-refractivity contribution in [1.29, 1.82) is 0 Å². The highest BCUT2D eigenvalue weighted by atomic mass is 16.5. The molecule has 0 aromatic heterocycles. The van der Waals surface area contributed by atoms with E-state index in [0.29, 0.717) is 19.8 Å². The van der Waals surface area contributed by atoms with Crippen LogP contribution in [0.5, 0.6) is 11.5 Å². The molecule has 0 saturated carbocycles. The molecule has 1 heterocycles.